The van der Waals surface area contributed by atoms with E-state index in [4.69, 9.17) is 0 Å². The Kier molecular flexibility index (Phi) is 15.8. The van der Waals surface area contributed by atoms with Crippen molar-refractivity contribution >= 4 is 0 Å². The lowest BCUT2D eigenvalue weighted by Crippen LogP contribution is -2.37. The van der Waals surface area contributed by atoms with Crippen LogP contribution in [0.15, 0.2) is 42.7 Å². The van der Waals surface area contributed by atoms with E-state index in [9.17, 15) is 0 Å². The molecule has 0 N–H and O–H groups in total. The Hall–Kier alpha value is -1.57. The third kappa shape index (κ3) is 12.5. The number of unbranched alkanes of at least 4 members (excludes halogenated alkanes) is 15. The van der Waals surface area contributed by atoms with Gasteiger partial charge in [-0.25, -0.2) is 9.13 Å². The molecule has 0 fully saturated rings. The zero-order valence-corrected chi connectivity index (χ0v) is 22.1. The Bertz CT molecular complexity index is 688. The van der Waals surface area contributed by atoms with Gasteiger partial charge >= 0.3 is 0 Å². The third-order valence-corrected chi connectivity index (χ3v) is 7.05. The molecule has 0 saturated heterocycles. The second-order valence-electron chi connectivity index (χ2n) is 10.1. The van der Waals surface area contributed by atoms with Gasteiger partial charge < -0.3 is 0 Å². The van der Waals surface area contributed by atoms with Crippen LogP contribution in [-0.4, -0.2) is 4.57 Å². The molecule has 1 aromatic carbocycles. The summed E-state index contributed by atoms with van der Waals surface area (Å²) in [4.78, 5) is 0. The lowest BCUT2D eigenvalue weighted by molar-refractivity contribution is -0.703. The van der Waals surface area contributed by atoms with Crippen molar-refractivity contribution in [3.63, 3.8) is 0 Å². The van der Waals surface area contributed by atoms with Crippen molar-refractivity contribution in [2.45, 2.75) is 143 Å². The molecule has 186 valence electrons. The summed E-state index contributed by atoms with van der Waals surface area (Å²) in [6.07, 6.45) is 29.5. The number of nitrogens with zero attached hydrogens (tertiary/aromatic N) is 2. The van der Waals surface area contributed by atoms with E-state index < -0.39 is 0 Å². The molecule has 1 heterocycles. The highest BCUT2D eigenvalue weighted by molar-refractivity contribution is 5.18. The van der Waals surface area contributed by atoms with Gasteiger partial charge in [0.1, 0.15) is 12.4 Å². The average Bonchev–Trinajstić information content (AvgIpc) is 3.21. The molecule has 0 amide bonds. The summed E-state index contributed by atoms with van der Waals surface area (Å²) in [6, 6.07) is 11.0. The fourth-order valence-electron chi connectivity index (χ4n) is 4.90. The molecule has 0 bridgehead atoms. The van der Waals surface area contributed by atoms with E-state index in [1.807, 2.05) is 0 Å². The van der Waals surface area contributed by atoms with E-state index in [0.717, 1.165) is 13.0 Å². The third-order valence-electron chi connectivity index (χ3n) is 7.05. The minimum absolute atomic E-state index is 1.04. The number of aromatic nitrogens is 2. The van der Waals surface area contributed by atoms with Gasteiger partial charge in [0.25, 0.3) is 5.82 Å². The first-order valence-corrected chi connectivity index (χ1v) is 14.5. The fraction of sp³-hybridized carbons (Fsp3) is 0.710. The van der Waals surface area contributed by atoms with Crippen molar-refractivity contribution in [2.24, 2.45) is 0 Å². The van der Waals surface area contributed by atoms with Crippen molar-refractivity contribution < 1.29 is 4.57 Å². The zero-order chi connectivity index (χ0) is 23.4. The zero-order valence-electron chi connectivity index (χ0n) is 22.1. The van der Waals surface area contributed by atoms with E-state index in [0.29, 0.717) is 0 Å². The molecule has 1 aromatic heterocycles. The van der Waals surface area contributed by atoms with Crippen LogP contribution in [-0.2, 0) is 19.5 Å². The van der Waals surface area contributed by atoms with Crippen LogP contribution < -0.4 is 4.57 Å². The quantitative estimate of drug-likeness (QED) is 0.132. The number of imidazole rings is 1. The highest BCUT2D eigenvalue weighted by Gasteiger charge is 2.17. The normalized spacial score (nSPS) is 11.3. The molecule has 0 aliphatic rings. The number of aryl methyl sites for hydroxylation is 2. The summed E-state index contributed by atoms with van der Waals surface area (Å²) in [5.41, 5.74) is 1.42. The summed E-state index contributed by atoms with van der Waals surface area (Å²) in [5.74, 6) is 1.48. The van der Waals surface area contributed by atoms with Crippen molar-refractivity contribution in [3.8, 4) is 0 Å². The average molecular weight is 454 g/mol. The van der Waals surface area contributed by atoms with Crippen LogP contribution in [0.5, 0.6) is 0 Å². The molecule has 2 aromatic rings. The van der Waals surface area contributed by atoms with Gasteiger partial charge in [0.05, 0.1) is 19.5 Å². The first-order valence-electron chi connectivity index (χ1n) is 14.5. The summed E-state index contributed by atoms with van der Waals surface area (Å²) in [6.45, 7) is 6.91. The first kappa shape index (κ1) is 27.7. The van der Waals surface area contributed by atoms with Gasteiger partial charge in [-0.2, -0.15) is 0 Å². The topological polar surface area (TPSA) is 8.81 Å². The van der Waals surface area contributed by atoms with Crippen molar-refractivity contribution in [1.82, 2.24) is 4.57 Å². The second-order valence-corrected chi connectivity index (χ2v) is 10.1. The molecule has 0 saturated carbocycles. The lowest BCUT2D eigenvalue weighted by atomic mass is 10.0. The summed E-state index contributed by atoms with van der Waals surface area (Å²) < 4.78 is 5.03. The Balaban J connectivity index is 1.61. The van der Waals surface area contributed by atoms with Gasteiger partial charge in [-0.15, -0.1) is 0 Å². The minimum atomic E-state index is 1.04. The SMILES string of the molecule is CCCCCCCCCCCCCCCCn1cc[n+](CCCCC)c1Cc1ccccc1. The van der Waals surface area contributed by atoms with Gasteiger partial charge in [0.2, 0.25) is 0 Å². The van der Waals surface area contributed by atoms with Crippen LogP contribution in [0.3, 0.4) is 0 Å². The molecule has 0 aliphatic carbocycles. The lowest BCUT2D eigenvalue weighted by Gasteiger charge is -2.06. The Labute approximate surface area is 205 Å². The summed E-state index contributed by atoms with van der Waals surface area (Å²) >= 11 is 0. The van der Waals surface area contributed by atoms with E-state index >= 15 is 0 Å². The molecular formula is C31H53N2+. The van der Waals surface area contributed by atoms with Gasteiger partial charge in [0.15, 0.2) is 0 Å². The standard InChI is InChI=1S/C31H53N2/c1-3-5-7-8-9-10-11-12-13-14-15-16-17-22-26-33-28-27-32(25-21-6-4-2)31(33)29-30-23-19-18-20-24-30/h18-20,23-24,27-28H,3-17,21-22,25-26,29H2,1-2H3/q+1. The number of hydrogen-bond acceptors (Lipinski definition) is 0. The first-order chi connectivity index (χ1) is 16.3. The van der Waals surface area contributed by atoms with Gasteiger partial charge in [-0.1, -0.05) is 128 Å². The predicted molar refractivity (Wildman–Crippen MR) is 144 cm³/mol. The number of rotatable bonds is 21. The van der Waals surface area contributed by atoms with Crippen molar-refractivity contribution in [2.75, 3.05) is 0 Å². The summed E-state index contributed by atoms with van der Waals surface area (Å²) in [7, 11) is 0. The maximum Gasteiger partial charge on any atom is 0.260 e. The van der Waals surface area contributed by atoms with Crippen LogP contribution in [0.25, 0.3) is 0 Å². The highest BCUT2D eigenvalue weighted by Crippen LogP contribution is 2.14. The molecule has 33 heavy (non-hydrogen) atoms. The minimum Gasteiger partial charge on any atom is -0.234 e. The van der Waals surface area contributed by atoms with E-state index in [-0.39, 0.29) is 0 Å². The molecule has 2 nitrogen and oxygen atoms in total. The maximum atomic E-state index is 2.53. The number of hydrogen-bond donors (Lipinski definition) is 0. The van der Waals surface area contributed by atoms with E-state index in [1.165, 1.54) is 127 Å². The largest absolute Gasteiger partial charge is 0.260 e. The maximum absolute atomic E-state index is 2.53. The van der Waals surface area contributed by atoms with Crippen molar-refractivity contribution in [1.29, 1.82) is 0 Å². The molecular weight excluding hydrogens is 400 g/mol. The van der Waals surface area contributed by atoms with Gasteiger partial charge in [-0.3, -0.25) is 0 Å². The predicted octanol–water partition coefficient (Wildman–Crippen LogP) is 9.04. The van der Waals surface area contributed by atoms with E-state index in [2.05, 4.69) is 65.7 Å². The smallest absolute Gasteiger partial charge is 0.234 e. The van der Waals surface area contributed by atoms with Crippen LogP contribution in [0.4, 0.5) is 0 Å². The summed E-state index contributed by atoms with van der Waals surface area (Å²) in [5, 5.41) is 0. The van der Waals surface area contributed by atoms with Crippen LogP contribution >= 0.6 is 0 Å². The van der Waals surface area contributed by atoms with Crippen LogP contribution in [0.2, 0.25) is 0 Å². The Morgan fingerprint density at radius 3 is 1.70 bits per heavy atom. The molecule has 0 atom stereocenters. The molecule has 0 unspecified atom stereocenters. The van der Waals surface area contributed by atoms with E-state index in [1.54, 1.807) is 0 Å². The van der Waals surface area contributed by atoms with Gasteiger partial charge in [0, 0.05) is 0 Å². The molecule has 0 radical (unpaired) electrons. The molecule has 2 rings (SSSR count). The Morgan fingerprint density at radius 1 is 0.606 bits per heavy atom. The second kappa shape index (κ2) is 18.8. The monoisotopic (exact) mass is 453 g/mol. The number of benzene rings is 1. The fourth-order valence-corrected chi connectivity index (χ4v) is 4.90. The molecule has 2 heteroatoms. The Morgan fingerprint density at radius 2 is 1.12 bits per heavy atom. The van der Waals surface area contributed by atoms with Crippen LogP contribution in [0.1, 0.15) is 134 Å². The van der Waals surface area contributed by atoms with Crippen molar-refractivity contribution in [3.05, 3.63) is 54.1 Å². The van der Waals surface area contributed by atoms with Gasteiger partial charge in [-0.05, 0) is 31.2 Å². The van der Waals surface area contributed by atoms with Crippen LogP contribution in [0, 0.1) is 0 Å². The molecule has 0 aliphatic heterocycles. The molecule has 0 spiro atoms. The highest BCUT2D eigenvalue weighted by atomic mass is 15.1.